The molecular weight excluding hydrogens is 350 g/mol. The summed E-state index contributed by atoms with van der Waals surface area (Å²) < 4.78 is 27.0. The fourth-order valence-electron chi connectivity index (χ4n) is 3.18. The Morgan fingerprint density at radius 3 is 2.48 bits per heavy atom. The van der Waals surface area contributed by atoms with Crippen molar-refractivity contribution in [2.24, 2.45) is 0 Å². The van der Waals surface area contributed by atoms with E-state index in [1.807, 2.05) is 0 Å². The normalized spacial score (nSPS) is 21.3. The van der Waals surface area contributed by atoms with E-state index in [9.17, 15) is 8.42 Å². The van der Waals surface area contributed by atoms with Gasteiger partial charge in [-0.05, 0) is 36.5 Å². The lowest BCUT2D eigenvalue weighted by Crippen LogP contribution is -2.54. The summed E-state index contributed by atoms with van der Waals surface area (Å²) in [5.74, 6) is 0. The molecule has 2 heterocycles. The van der Waals surface area contributed by atoms with E-state index in [4.69, 9.17) is 12.2 Å². The quantitative estimate of drug-likeness (QED) is 0.824. The zero-order valence-electron chi connectivity index (χ0n) is 13.1. The molecule has 0 unspecified atom stereocenters. The molecule has 0 bridgehead atoms. The number of thiocarbonyl (C=S) groups is 1. The minimum Gasteiger partial charge on any atom is -0.360 e. The average molecular weight is 374 g/mol. The van der Waals surface area contributed by atoms with Gasteiger partial charge in [0.2, 0.25) is 0 Å². The van der Waals surface area contributed by atoms with Crippen LogP contribution in [0.3, 0.4) is 0 Å². The van der Waals surface area contributed by atoms with E-state index < -0.39 is 10.0 Å². The fraction of sp³-hybridized carbons (Fsp3) is 0.667. The molecule has 1 aliphatic heterocycles. The Morgan fingerprint density at radius 2 is 1.87 bits per heavy atom. The van der Waals surface area contributed by atoms with Gasteiger partial charge in [0.1, 0.15) is 4.21 Å². The van der Waals surface area contributed by atoms with E-state index in [0.717, 1.165) is 5.11 Å². The second-order valence-corrected chi connectivity index (χ2v) is 9.61. The molecule has 2 aliphatic rings. The monoisotopic (exact) mass is 373 g/mol. The van der Waals surface area contributed by atoms with Gasteiger partial charge in [-0.3, -0.25) is 0 Å². The van der Waals surface area contributed by atoms with E-state index >= 15 is 0 Å². The molecule has 0 amide bonds. The molecule has 0 atom stereocenters. The smallest absolute Gasteiger partial charge is 0.252 e. The van der Waals surface area contributed by atoms with Gasteiger partial charge < -0.3 is 10.2 Å². The van der Waals surface area contributed by atoms with Crippen molar-refractivity contribution in [2.45, 2.75) is 42.4 Å². The molecule has 1 aromatic heterocycles. The highest BCUT2D eigenvalue weighted by Gasteiger charge is 2.30. The van der Waals surface area contributed by atoms with Gasteiger partial charge >= 0.3 is 0 Å². The highest BCUT2D eigenvalue weighted by Crippen LogP contribution is 2.22. The molecule has 1 aromatic rings. The van der Waals surface area contributed by atoms with Crippen LogP contribution in [0.2, 0.25) is 0 Å². The lowest BCUT2D eigenvalue weighted by atomic mass is 9.96. The molecule has 5 nitrogen and oxygen atoms in total. The van der Waals surface area contributed by atoms with Crippen LogP contribution in [0, 0.1) is 0 Å². The third-order valence-corrected chi connectivity index (χ3v) is 8.20. The number of hydrogen-bond acceptors (Lipinski definition) is 4. The molecule has 0 aromatic carbocycles. The van der Waals surface area contributed by atoms with E-state index in [0.29, 0.717) is 36.4 Å². The topological polar surface area (TPSA) is 52.7 Å². The maximum Gasteiger partial charge on any atom is 0.252 e. The Kier molecular flexibility index (Phi) is 5.56. The molecule has 8 heteroatoms. The van der Waals surface area contributed by atoms with Crippen LogP contribution in [0.25, 0.3) is 0 Å². The number of nitrogens with one attached hydrogen (secondary N) is 1. The lowest BCUT2D eigenvalue weighted by Gasteiger charge is -2.37. The zero-order chi connectivity index (χ0) is 16.3. The van der Waals surface area contributed by atoms with E-state index in [1.54, 1.807) is 21.8 Å². The van der Waals surface area contributed by atoms with Gasteiger partial charge in [-0.15, -0.1) is 11.3 Å². The van der Waals surface area contributed by atoms with Crippen molar-refractivity contribution < 1.29 is 8.42 Å². The third kappa shape index (κ3) is 4.04. The predicted octanol–water partition coefficient (Wildman–Crippen LogP) is 2.26. The molecule has 0 radical (unpaired) electrons. The highest BCUT2D eigenvalue weighted by atomic mass is 32.2. The van der Waals surface area contributed by atoms with E-state index in [2.05, 4.69) is 10.2 Å². The molecule has 1 aliphatic carbocycles. The molecule has 1 N–H and O–H groups in total. The van der Waals surface area contributed by atoms with Gasteiger partial charge in [0, 0.05) is 32.2 Å². The molecule has 1 saturated heterocycles. The van der Waals surface area contributed by atoms with Crippen molar-refractivity contribution in [1.82, 2.24) is 14.5 Å². The molecule has 128 valence electrons. The van der Waals surface area contributed by atoms with Crippen molar-refractivity contribution in [2.75, 3.05) is 26.2 Å². The fourth-order valence-corrected chi connectivity index (χ4v) is 6.10. The largest absolute Gasteiger partial charge is 0.360 e. The molecule has 0 spiro atoms. The number of sulfonamides is 1. The van der Waals surface area contributed by atoms with Crippen molar-refractivity contribution in [1.29, 1.82) is 0 Å². The van der Waals surface area contributed by atoms with Gasteiger partial charge in [-0.25, -0.2) is 8.42 Å². The molecule has 23 heavy (non-hydrogen) atoms. The maximum atomic E-state index is 12.5. The predicted molar refractivity (Wildman–Crippen MR) is 97.3 cm³/mol. The molecule has 1 saturated carbocycles. The SMILES string of the molecule is O=S(=O)(c1cccs1)N1CCN(C(=S)NC2CCCCC2)CC1. The van der Waals surface area contributed by atoms with Crippen molar-refractivity contribution in [3.05, 3.63) is 17.5 Å². The average Bonchev–Trinajstić information content (AvgIpc) is 3.11. The summed E-state index contributed by atoms with van der Waals surface area (Å²) in [7, 11) is -3.33. The molecule has 2 fully saturated rings. The number of thiophene rings is 1. The number of nitrogens with zero attached hydrogens (tertiary/aromatic N) is 2. The van der Waals surface area contributed by atoms with Gasteiger partial charge in [0.15, 0.2) is 5.11 Å². The Balaban J connectivity index is 1.53. The molecule has 3 rings (SSSR count). The summed E-state index contributed by atoms with van der Waals surface area (Å²) in [6, 6.07) is 3.93. The summed E-state index contributed by atoms with van der Waals surface area (Å²) >= 11 is 6.79. The standard InChI is InChI=1S/C15H23N3O2S3/c19-23(20,14-7-4-12-22-14)18-10-8-17(9-11-18)15(21)16-13-5-2-1-3-6-13/h4,7,12-13H,1-3,5-6,8-11H2,(H,16,21). The Bertz CT molecular complexity index is 616. The first-order valence-corrected chi connectivity index (χ1v) is 10.9. The number of rotatable bonds is 3. The minimum atomic E-state index is -3.33. The van der Waals surface area contributed by atoms with Crippen LogP contribution in [0.15, 0.2) is 21.7 Å². The second-order valence-electron chi connectivity index (χ2n) is 6.11. The van der Waals surface area contributed by atoms with Crippen LogP contribution in [0.4, 0.5) is 0 Å². The van der Waals surface area contributed by atoms with E-state index in [-0.39, 0.29) is 0 Å². The summed E-state index contributed by atoms with van der Waals surface area (Å²) in [6.45, 7) is 2.30. The summed E-state index contributed by atoms with van der Waals surface area (Å²) in [5, 5.41) is 6.04. The number of hydrogen-bond donors (Lipinski definition) is 1. The van der Waals surface area contributed by atoms with Gasteiger partial charge in [0.25, 0.3) is 10.0 Å². The zero-order valence-corrected chi connectivity index (χ0v) is 15.6. The van der Waals surface area contributed by atoms with Crippen molar-refractivity contribution in [3.8, 4) is 0 Å². The highest BCUT2D eigenvalue weighted by molar-refractivity contribution is 7.91. The van der Waals surface area contributed by atoms with Crippen LogP contribution in [-0.2, 0) is 10.0 Å². The van der Waals surface area contributed by atoms with Gasteiger partial charge in [0.05, 0.1) is 0 Å². The van der Waals surface area contributed by atoms with Crippen LogP contribution in [-0.4, -0.2) is 55.0 Å². The maximum absolute atomic E-state index is 12.5. The first-order valence-electron chi connectivity index (χ1n) is 8.16. The van der Waals surface area contributed by atoms with Crippen molar-refractivity contribution in [3.63, 3.8) is 0 Å². The van der Waals surface area contributed by atoms with E-state index in [1.165, 1.54) is 43.4 Å². The Morgan fingerprint density at radius 1 is 1.17 bits per heavy atom. The molecular formula is C15H23N3O2S3. The van der Waals surface area contributed by atoms with Crippen LogP contribution in [0.1, 0.15) is 32.1 Å². The summed E-state index contributed by atoms with van der Waals surface area (Å²) in [6.07, 6.45) is 6.24. The van der Waals surface area contributed by atoms with Gasteiger partial charge in [-0.1, -0.05) is 25.3 Å². The minimum absolute atomic E-state index is 0.425. The summed E-state index contributed by atoms with van der Waals surface area (Å²) in [4.78, 5) is 2.10. The van der Waals surface area contributed by atoms with Crippen molar-refractivity contribution >= 4 is 38.7 Å². The number of piperazine rings is 1. The third-order valence-electron chi connectivity index (χ3n) is 4.55. The van der Waals surface area contributed by atoms with Crippen LogP contribution in [0.5, 0.6) is 0 Å². The first-order chi connectivity index (χ1) is 11.1. The van der Waals surface area contributed by atoms with Gasteiger partial charge in [-0.2, -0.15) is 4.31 Å². The lowest BCUT2D eigenvalue weighted by molar-refractivity contribution is 0.260. The summed E-state index contributed by atoms with van der Waals surface area (Å²) in [5.41, 5.74) is 0. The van der Waals surface area contributed by atoms with Crippen LogP contribution >= 0.6 is 23.6 Å². The second kappa shape index (κ2) is 7.46. The van der Waals surface area contributed by atoms with Crippen LogP contribution < -0.4 is 5.32 Å². The Hall–Kier alpha value is -0.700. The Labute approximate surface area is 147 Å². The first kappa shape index (κ1) is 17.1.